The molecule has 2 N–H and O–H groups in total. The van der Waals surface area contributed by atoms with Crippen LogP contribution in [0.4, 0.5) is 5.69 Å². The minimum Gasteiger partial charge on any atom is -0.322 e. The molecule has 0 bridgehead atoms. The average molecular weight is 440 g/mol. The lowest BCUT2D eigenvalue weighted by atomic mass is 10.1. The maximum atomic E-state index is 12.8. The molecule has 1 aliphatic heterocycles. The molecule has 0 saturated heterocycles. The second-order valence-electron chi connectivity index (χ2n) is 7.42. The number of aromatic nitrogens is 2. The van der Waals surface area contributed by atoms with Gasteiger partial charge in [0.15, 0.2) is 5.82 Å². The fraction of sp³-hybridized carbons (Fsp3) is 0.0417. The van der Waals surface area contributed by atoms with Crippen LogP contribution in [0.1, 0.15) is 36.6 Å². The van der Waals surface area contributed by atoms with Crippen LogP contribution in [0.15, 0.2) is 82.1 Å². The van der Waals surface area contributed by atoms with Gasteiger partial charge in [-0.25, -0.2) is 4.79 Å². The van der Waals surface area contributed by atoms with Gasteiger partial charge >= 0.3 is 5.76 Å². The fourth-order valence-electron chi connectivity index (χ4n) is 3.68. The summed E-state index contributed by atoms with van der Waals surface area (Å²) in [5.41, 5.74) is 2.83. The number of anilines is 1. The van der Waals surface area contributed by atoms with Gasteiger partial charge < -0.3 is 5.32 Å². The molecule has 9 heteroatoms. The highest BCUT2D eigenvalue weighted by Gasteiger charge is 2.35. The highest BCUT2D eigenvalue weighted by molar-refractivity contribution is 6.21. The third-order valence-electron chi connectivity index (χ3n) is 5.24. The minimum atomic E-state index is -0.672. The first-order valence-corrected chi connectivity index (χ1v) is 10.0. The number of hydrogen-bond acceptors (Lipinski definition) is 6. The van der Waals surface area contributed by atoms with Gasteiger partial charge in [-0.15, -0.1) is 0 Å². The molecule has 1 aliphatic rings. The van der Waals surface area contributed by atoms with Crippen LogP contribution in [0.5, 0.6) is 0 Å². The van der Waals surface area contributed by atoms with Crippen LogP contribution in [0.3, 0.4) is 0 Å². The maximum Gasteiger partial charge on any atom is 0.439 e. The van der Waals surface area contributed by atoms with Crippen molar-refractivity contribution in [2.45, 2.75) is 6.54 Å². The summed E-state index contributed by atoms with van der Waals surface area (Å²) in [5, 5.41) is 6.43. The molecule has 33 heavy (non-hydrogen) atoms. The van der Waals surface area contributed by atoms with Crippen molar-refractivity contribution in [2.75, 3.05) is 5.32 Å². The van der Waals surface area contributed by atoms with Gasteiger partial charge in [-0.3, -0.25) is 28.8 Å². The van der Waals surface area contributed by atoms with Crippen molar-refractivity contribution < 1.29 is 18.9 Å². The third kappa shape index (κ3) is 3.83. The number of hydrogen-bond donors (Lipinski definition) is 2. The molecule has 0 fully saturated rings. The van der Waals surface area contributed by atoms with E-state index in [0.29, 0.717) is 33.5 Å². The van der Waals surface area contributed by atoms with Gasteiger partial charge in [0.2, 0.25) is 0 Å². The van der Waals surface area contributed by atoms with E-state index in [9.17, 15) is 19.2 Å². The monoisotopic (exact) mass is 440 g/mol. The van der Waals surface area contributed by atoms with Gasteiger partial charge in [0.05, 0.1) is 17.7 Å². The van der Waals surface area contributed by atoms with Crippen molar-refractivity contribution in [3.63, 3.8) is 0 Å². The Morgan fingerprint density at radius 1 is 0.909 bits per heavy atom. The molecule has 5 rings (SSSR count). The van der Waals surface area contributed by atoms with Gasteiger partial charge in [-0.2, -0.15) is 0 Å². The maximum absolute atomic E-state index is 12.8. The quantitative estimate of drug-likeness (QED) is 0.460. The van der Waals surface area contributed by atoms with Crippen molar-refractivity contribution in [3.8, 4) is 11.4 Å². The zero-order chi connectivity index (χ0) is 22.9. The third-order valence-corrected chi connectivity index (χ3v) is 5.24. The predicted octanol–water partition coefficient (Wildman–Crippen LogP) is 3.08. The van der Waals surface area contributed by atoms with E-state index < -0.39 is 5.76 Å². The van der Waals surface area contributed by atoms with Crippen molar-refractivity contribution in [1.29, 1.82) is 0 Å². The standard InChI is InChI=1S/C24H16N4O5/c29-21(25-17-8-4-6-15(12-17)20-26-24(32)33-27-20)16-7-3-5-14(11-16)13-28-22(30)18-9-1-2-10-19(18)23(28)31/h1-12H,13H2,(H,25,29)(H,26,27,32). The normalized spacial score (nSPS) is 12.7. The number of aromatic amines is 1. The van der Waals surface area contributed by atoms with Crippen LogP contribution in [-0.4, -0.2) is 32.8 Å². The molecule has 0 atom stereocenters. The van der Waals surface area contributed by atoms with Crippen molar-refractivity contribution in [1.82, 2.24) is 15.0 Å². The van der Waals surface area contributed by atoms with Crippen LogP contribution in [0.2, 0.25) is 0 Å². The van der Waals surface area contributed by atoms with Crippen molar-refractivity contribution in [2.24, 2.45) is 0 Å². The Hall–Kier alpha value is -4.79. The second kappa shape index (κ2) is 8.04. The van der Waals surface area contributed by atoms with Crippen LogP contribution in [-0.2, 0) is 6.54 Å². The summed E-state index contributed by atoms with van der Waals surface area (Å²) in [4.78, 5) is 52.8. The molecule has 0 saturated carbocycles. The number of amides is 3. The number of H-pyrrole nitrogens is 1. The summed E-state index contributed by atoms with van der Waals surface area (Å²) in [6.07, 6.45) is 0. The van der Waals surface area contributed by atoms with Crippen molar-refractivity contribution in [3.05, 3.63) is 106 Å². The number of carbonyl (C=O) groups is 3. The van der Waals surface area contributed by atoms with E-state index in [4.69, 9.17) is 0 Å². The molecule has 162 valence electrons. The Bertz CT molecular complexity index is 1430. The smallest absolute Gasteiger partial charge is 0.322 e. The Kier molecular flexibility index (Phi) is 4.91. The summed E-state index contributed by atoms with van der Waals surface area (Å²) < 4.78 is 4.51. The van der Waals surface area contributed by atoms with E-state index in [1.54, 1.807) is 72.8 Å². The number of nitrogens with one attached hydrogen (secondary N) is 2. The summed E-state index contributed by atoms with van der Waals surface area (Å²) in [6, 6.07) is 20.2. The molecule has 3 amide bonds. The number of benzene rings is 3. The summed E-state index contributed by atoms with van der Waals surface area (Å²) >= 11 is 0. The highest BCUT2D eigenvalue weighted by atomic mass is 16.5. The lowest BCUT2D eigenvalue weighted by molar-refractivity contribution is 0.0642. The first kappa shape index (κ1) is 20.1. The first-order chi connectivity index (χ1) is 16.0. The zero-order valence-electron chi connectivity index (χ0n) is 17.1. The number of nitrogens with zero attached hydrogens (tertiary/aromatic N) is 2. The van der Waals surface area contributed by atoms with Crippen LogP contribution in [0, 0.1) is 0 Å². The second-order valence-corrected chi connectivity index (χ2v) is 7.42. The van der Waals surface area contributed by atoms with Crippen LogP contribution < -0.4 is 11.1 Å². The number of rotatable bonds is 5. The SMILES string of the molecule is O=C(Nc1cccc(-c2noc(=O)[nH]2)c1)c1cccc(CN2C(=O)c3ccccc3C2=O)c1. The number of imide groups is 1. The molecule has 3 aromatic carbocycles. The fourth-order valence-corrected chi connectivity index (χ4v) is 3.68. The lowest BCUT2D eigenvalue weighted by Gasteiger charge is -2.14. The summed E-state index contributed by atoms with van der Waals surface area (Å²) in [6.45, 7) is 0.0580. The zero-order valence-corrected chi connectivity index (χ0v) is 17.1. The van der Waals surface area contributed by atoms with E-state index in [2.05, 4.69) is 20.0 Å². The van der Waals surface area contributed by atoms with E-state index >= 15 is 0 Å². The Balaban J connectivity index is 1.33. The molecular weight excluding hydrogens is 424 g/mol. The molecular formula is C24H16N4O5. The van der Waals surface area contributed by atoms with Crippen LogP contribution in [0.25, 0.3) is 11.4 Å². The number of carbonyl (C=O) groups excluding carboxylic acids is 3. The molecule has 0 radical (unpaired) electrons. The molecule has 0 unspecified atom stereocenters. The van der Waals surface area contributed by atoms with E-state index in [1.807, 2.05) is 0 Å². The molecule has 0 spiro atoms. The summed E-state index contributed by atoms with van der Waals surface area (Å²) in [5.74, 6) is -1.50. The topological polar surface area (TPSA) is 125 Å². The Morgan fingerprint density at radius 3 is 2.33 bits per heavy atom. The largest absolute Gasteiger partial charge is 0.439 e. The molecule has 1 aromatic heterocycles. The molecule has 9 nitrogen and oxygen atoms in total. The van der Waals surface area contributed by atoms with Gasteiger partial charge in [-0.1, -0.05) is 41.6 Å². The molecule has 0 aliphatic carbocycles. The summed E-state index contributed by atoms with van der Waals surface area (Å²) in [7, 11) is 0. The average Bonchev–Trinajstić information content (AvgIpc) is 3.37. The van der Waals surface area contributed by atoms with Gasteiger partial charge in [0.25, 0.3) is 17.7 Å². The number of fused-ring (bicyclic) bond motifs is 1. The van der Waals surface area contributed by atoms with Crippen molar-refractivity contribution >= 4 is 23.4 Å². The Morgan fingerprint density at radius 2 is 1.64 bits per heavy atom. The van der Waals surface area contributed by atoms with E-state index in [-0.39, 0.29) is 30.1 Å². The van der Waals surface area contributed by atoms with E-state index in [0.717, 1.165) is 0 Å². The lowest BCUT2D eigenvalue weighted by Crippen LogP contribution is -2.29. The van der Waals surface area contributed by atoms with Crippen LogP contribution >= 0.6 is 0 Å². The highest BCUT2D eigenvalue weighted by Crippen LogP contribution is 2.25. The Labute approximate surface area is 186 Å². The molecule has 4 aromatic rings. The van der Waals surface area contributed by atoms with Gasteiger partial charge in [0.1, 0.15) is 0 Å². The molecule has 2 heterocycles. The van der Waals surface area contributed by atoms with Gasteiger partial charge in [-0.05, 0) is 42.0 Å². The first-order valence-electron chi connectivity index (χ1n) is 10.0. The minimum absolute atomic E-state index is 0.0580. The predicted molar refractivity (Wildman–Crippen MR) is 118 cm³/mol. The van der Waals surface area contributed by atoms with E-state index in [1.165, 1.54) is 4.90 Å². The van der Waals surface area contributed by atoms with Gasteiger partial charge in [0, 0.05) is 16.8 Å².